The molecule has 1 unspecified atom stereocenters. The molecule has 1 atom stereocenters. The van der Waals surface area contributed by atoms with Gasteiger partial charge in [0.15, 0.2) is 0 Å². The first-order valence-corrected chi connectivity index (χ1v) is 7.20. The quantitative estimate of drug-likeness (QED) is 0.867. The molecule has 1 aromatic carbocycles. The Morgan fingerprint density at radius 3 is 2.63 bits per heavy atom. The Kier molecular flexibility index (Phi) is 3.33. The van der Waals surface area contributed by atoms with Gasteiger partial charge in [-0.15, -0.1) is 0 Å². The lowest BCUT2D eigenvalue weighted by Crippen LogP contribution is -2.44. The van der Waals surface area contributed by atoms with Crippen molar-refractivity contribution in [2.24, 2.45) is 0 Å². The molecule has 1 saturated heterocycles. The van der Waals surface area contributed by atoms with E-state index in [9.17, 15) is 0 Å². The molecule has 1 fully saturated rings. The fraction of sp³-hybridized carbons (Fsp3) is 0.500. The van der Waals surface area contributed by atoms with Crippen molar-refractivity contribution in [2.45, 2.75) is 26.8 Å². The summed E-state index contributed by atoms with van der Waals surface area (Å²) in [5, 5.41) is 4.82. The summed E-state index contributed by atoms with van der Waals surface area (Å²) in [4.78, 5) is 6.11. The highest BCUT2D eigenvalue weighted by Crippen LogP contribution is 2.31. The molecular weight excluding hydrogens is 234 g/mol. The fourth-order valence-corrected chi connectivity index (χ4v) is 3.25. The van der Waals surface area contributed by atoms with Crippen molar-refractivity contribution in [3.05, 3.63) is 35.0 Å². The van der Waals surface area contributed by atoms with Gasteiger partial charge in [-0.25, -0.2) is 0 Å². The summed E-state index contributed by atoms with van der Waals surface area (Å²) < 4.78 is 0. The Bertz CT molecular complexity index is 579. The first-order chi connectivity index (χ1) is 9.16. The van der Waals surface area contributed by atoms with Crippen LogP contribution in [0.4, 0.5) is 0 Å². The predicted octanol–water partition coefficient (Wildman–Crippen LogP) is 2.75. The summed E-state index contributed by atoms with van der Waals surface area (Å²) in [6.07, 6.45) is 0. The molecule has 0 spiro atoms. The van der Waals surface area contributed by atoms with E-state index in [-0.39, 0.29) is 0 Å². The smallest absolute Gasteiger partial charge is 0.0459 e. The SMILES string of the molecule is Cc1ccc2[nH]c(C)c(C(C)N3CCNCC3)c2c1. The molecule has 2 aromatic rings. The zero-order chi connectivity index (χ0) is 13.4. The number of H-pyrrole nitrogens is 1. The highest BCUT2D eigenvalue weighted by atomic mass is 15.2. The Labute approximate surface area is 115 Å². The van der Waals surface area contributed by atoms with E-state index < -0.39 is 0 Å². The summed E-state index contributed by atoms with van der Waals surface area (Å²) in [5.41, 5.74) is 5.38. The summed E-state index contributed by atoms with van der Waals surface area (Å²) in [6, 6.07) is 7.17. The van der Waals surface area contributed by atoms with Crippen LogP contribution in [0.2, 0.25) is 0 Å². The monoisotopic (exact) mass is 257 g/mol. The molecule has 3 nitrogen and oxygen atoms in total. The van der Waals surface area contributed by atoms with Gasteiger partial charge >= 0.3 is 0 Å². The molecule has 1 aliphatic rings. The van der Waals surface area contributed by atoms with E-state index in [1.165, 1.54) is 27.7 Å². The second kappa shape index (κ2) is 4.99. The third-order valence-corrected chi connectivity index (χ3v) is 4.31. The maximum absolute atomic E-state index is 3.53. The first-order valence-electron chi connectivity index (χ1n) is 7.20. The van der Waals surface area contributed by atoms with Crippen molar-refractivity contribution >= 4 is 10.9 Å². The molecule has 19 heavy (non-hydrogen) atoms. The highest BCUT2D eigenvalue weighted by Gasteiger charge is 2.22. The van der Waals surface area contributed by atoms with Gasteiger partial charge < -0.3 is 10.3 Å². The second-order valence-corrected chi connectivity index (χ2v) is 5.67. The number of nitrogens with one attached hydrogen (secondary N) is 2. The maximum atomic E-state index is 3.53. The molecule has 0 saturated carbocycles. The third-order valence-electron chi connectivity index (χ3n) is 4.31. The summed E-state index contributed by atoms with van der Waals surface area (Å²) >= 11 is 0. The second-order valence-electron chi connectivity index (χ2n) is 5.67. The first kappa shape index (κ1) is 12.7. The summed E-state index contributed by atoms with van der Waals surface area (Å²) in [7, 11) is 0. The number of aromatic amines is 1. The molecule has 0 amide bonds. The minimum Gasteiger partial charge on any atom is -0.358 e. The molecule has 0 radical (unpaired) electrons. The molecule has 3 rings (SSSR count). The van der Waals surface area contributed by atoms with Crippen LogP contribution in [0.3, 0.4) is 0 Å². The number of benzene rings is 1. The van der Waals surface area contributed by atoms with Crippen LogP contribution < -0.4 is 5.32 Å². The summed E-state index contributed by atoms with van der Waals surface area (Å²) in [5.74, 6) is 0. The number of piperazine rings is 1. The van der Waals surface area contributed by atoms with Crippen LogP contribution in [-0.4, -0.2) is 36.1 Å². The highest BCUT2D eigenvalue weighted by molar-refractivity contribution is 5.85. The minimum absolute atomic E-state index is 0.484. The van der Waals surface area contributed by atoms with Gasteiger partial charge in [-0.1, -0.05) is 11.6 Å². The van der Waals surface area contributed by atoms with Gasteiger partial charge in [0.2, 0.25) is 0 Å². The predicted molar refractivity (Wildman–Crippen MR) is 80.6 cm³/mol. The van der Waals surface area contributed by atoms with Crippen LogP contribution in [0.15, 0.2) is 18.2 Å². The molecular formula is C16H23N3. The van der Waals surface area contributed by atoms with Crippen molar-refractivity contribution in [1.29, 1.82) is 0 Å². The normalized spacial score (nSPS) is 18.9. The van der Waals surface area contributed by atoms with Crippen molar-refractivity contribution < 1.29 is 0 Å². The number of fused-ring (bicyclic) bond motifs is 1. The van der Waals surface area contributed by atoms with E-state index in [1.54, 1.807) is 0 Å². The summed E-state index contributed by atoms with van der Waals surface area (Å²) in [6.45, 7) is 11.2. The molecule has 0 aliphatic carbocycles. The average molecular weight is 257 g/mol. The maximum Gasteiger partial charge on any atom is 0.0459 e. The number of nitrogens with zero attached hydrogens (tertiary/aromatic N) is 1. The number of aryl methyl sites for hydroxylation is 2. The number of hydrogen-bond acceptors (Lipinski definition) is 2. The van der Waals surface area contributed by atoms with Crippen molar-refractivity contribution in [2.75, 3.05) is 26.2 Å². The zero-order valence-electron chi connectivity index (χ0n) is 12.1. The number of rotatable bonds is 2. The van der Waals surface area contributed by atoms with E-state index in [0.717, 1.165) is 26.2 Å². The Balaban J connectivity index is 2.02. The molecule has 2 N–H and O–H groups in total. The van der Waals surface area contributed by atoms with E-state index in [0.29, 0.717) is 6.04 Å². The van der Waals surface area contributed by atoms with Crippen LogP contribution >= 0.6 is 0 Å². The molecule has 1 aliphatic heterocycles. The molecule has 2 heterocycles. The van der Waals surface area contributed by atoms with Crippen LogP contribution in [0.1, 0.15) is 29.8 Å². The van der Waals surface area contributed by atoms with Crippen LogP contribution in [0, 0.1) is 13.8 Å². The molecule has 102 valence electrons. The minimum atomic E-state index is 0.484. The fourth-order valence-electron chi connectivity index (χ4n) is 3.25. The van der Waals surface area contributed by atoms with Gasteiger partial charge in [-0.2, -0.15) is 0 Å². The zero-order valence-corrected chi connectivity index (χ0v) is 12.1. The number of aromatic nitrogens is 1. The Morgan fingerprint density at radius 2 is 1.89 bits per heavy atom. The van der Waals surface area contributed by atoms with Gasteiger partial charge in [0.25, 0.3) is 0 Å². The van der Waals surface area contributed by atoms with Gasteiger partial charge in [-0.3, -0.25) is 4.90 Å². The average Bonchev–Trinajstić information content (AvgIpc) is 2.74. The third kappa shape index (κ3) is 2.28. The Morgan fingerprint density at radius 1 is 1.16 bits per heavy atom. The van der Waals surface area contributed by atoms with Crippen molar-refractivity contribution in [3.63, 3.8) is 0 Å². The molecule has 1 aromatic heterocycles. The van der Waals surface area contributed by atoms with E-state index >= 15 is 0 Å². The largest absolute Gasteiger partial charge is 0.358 e. The number of hydrogen-bond donors (Lipinski definition) is 2. The Hall–Kier alpha value is -1.32. The van der Waals surface area contributed by atoms with Gasteiger partial charge in [0, 0.05) is 48.8 Å². The van der Waals surface area contributed by atoms with Crippen molar-refractivity contribution in [1.82, 2.24) is 15.2 Å². The van der Waals surface area contributed by atoms with Crippen LogP contribution in [0.25, 0.3) is 10.9 Å². The van der Waals surface area contributed by atoms with Gasteiger partial charge in [-0.05, 0) is 38.5 Å². The van der Waals surface area contributed by atoms with Crippen LogP contribution in [-0.2, 0) is 0 Å². The lowest BCUT2D eigenvalue weighted by Gasteiger charge is -2.33. The lowest BCUT2D eigenvalue weighted by atomic mass is 10.0. The van der Waals surface area contributed by atoms with E-state index in [2.05, 4.69) is 54.2 Å². The van der Waals surface area contributed by atoms with E-state index in [4.69, 9.17) is 0 Å². The molecule has 0 bridgehead atoms. The van der Waals surface area contributed by atoms with Gasteiger partial charge in [0.1, 0.15) is 0 Å². The van der Waals surface area contributed by atoms with Crippen LogP contribution in [0.5, 0.6) is 0 Å². The van der Waals surface area contributed by atoms with E-state index in [1.807, 2.05) is 0 Å². The van der Waals surface area contributed by atoms with Gasteiger partial charge in [0.05, 0.1) is 0 Å². The standard InChI is InChI=1S/C16H23N3/c1-11-4-5-15-14(10-11)16(12(2)18-15)13(3)19-8-6-17-7-9-19/h4-5,10,13,17-18H,6-9H2,1-3H3. The topological polar surface area (TPSA) is 31.1 Å². The van der Waals surface area contributed by atoms with Crippen molar-refractivity contribution in [3.8, 4) is 0 Å². The molecule has 3 heteroatoms. The lowest BCUT2D eigenvalue weighted by molar-refractivity contribution is 0.186.